The lowest BCUT2D eigenvalue weighted by molar-refractivity contribution is -0.0507. The van der Waals surface area contributed by atoms with Crippen molar-refractivity contribution in [2.45, 2.75) is 32.0 Å². The molecule has 196 valence electrons. The highest BCUT2D eigenvalue weighted by molar-refractivity contribution is 7.70. The number of benzene rings is 2. The summed E-state index contributed by atoms with van der Waals surface area (Å²) in [6.45, 7) is -1.48. The fourth-order valence-corrected chi connectivity index (χ4v) is 7.10. The van der Waals surface area contributed by atoms with Crippen molar-refractivity contribution >= 4 is 29.4 Å². The van der Waals surface area contributed by atoms with Crippen LogP contribution in [0.3, 0.4) is 0 Å². The maximum absolute atomic E-state index is 15.1. The zero-order valence-electron chi connectivity index (χ0n) is 23.6. The summed E-state index contributed by atoms with van der Waals surface area (Å²) in [6, 6.07) is 8.63. The summed E-state index contributed by atoms with van der Waals surface area (Å²) in [4.78, 5) is 23.5. The third-order valence-corrected chi connectivity index (χ3v) is 8.72. The molecule has 11 heteroatoms. The van der Waals surface area contributed by atoms with Gasteiger partial charge in [-0.05, 0) is 44.5 Å². The summed E-state index contributed by atoms with van der Waals surface area (Å²) in [6.07, 6.45) is 0.0756. The lowest BCUT2D eigenvalue weighted by Gasteiger charge is -2.24. The standard InChI is InChI=1S/C27H24F3N4O3P/c1-13-24(38(3,4)36)16(28)11-18(31-13)14-8-9-17-19(10-14)34-20-12-21(25(34)32-17)33(2)26(35)15-6-5-7-22(23(15)20)37-27(29)30/h5-11,20-21,27H,12H2,1-4H3/t20-,21-/m1/s1/i2D3. The number of hydrogen-bond acceptors (Lipinski definition) is 5. The van der Waals surface area contributed by atoms with Crippen LogP contribution in [0, 0.1) is 12.7 Å². The number of imidazole rings is 1. The molecule has 0 aliphatic carbocycles. The first kappa shape index (κ1) is 21.3. The molecule has 2 aromatic heterocycles. The Morgan fingerprint density at radius 2 is 1.95 bits per heavy atom. The molecule has 4 heterocycles. The van der Waals surface area contributed by atoms with Crippen LogP contribution < -0.4 is 10.0 Å². The minimum absolute atomic E-state index is 0.0473. The van der Waals surface area contributed by atoms with Crippen molar-refractivity contribution in [1.29, 1.82) is 0 Å². The van der Waals surface area contributed by atoms with E-state index in [0.717, 1.165) is 4.90 Å². The molecule has 2 bridgehead atoms. The van der Waals surface area contributed by atoms with Gasteiger partial charge in [0.15, 0.2) is 0 Å². The van der Waals surface area contributed by atoms with E-state index in [9.17, 15) is 18.1 Å². The summed E-state index contributed by atoms with van der Waals surface area (Å²) in [5.74, 6) is -1.41. The zero-order valence-corrected chi connectivity index (χ0v) is 21.5. The minimum Gasteiger partial charge on any atom is -0.434 e. The van der Waals surface area contributed by atoms with Gasteiger partial charge in [-0.1, -0.05) is 12.1 Å². The molecule has 2 aliphatic heterocycles. The number of pyridine rings is 1. The fourth-order valence-electron chi connectivity index (χ4n) is 5.69. The van der Waals surface area contributed by atoms with E-state index in [2.05, 4.69) is 9.97 Å². The molecule has 2 aliphatic rings. The van der Waals surface area contributed by atoms with Crippen molar-refractivity contribution in [3.05, 3.63) is 70.9 Å². The van der Waals surface area contributed by atoms with E-state index in [4.69, 9.17) is 8.85 Å². The maximum atomic E-state index is 15.1. The number of fused-ring (bicyclic) bond motifs is 9. The van der Waals surface area contributed by atoms with Crippen molar-refractivity contribution in [1.82, 2.24) is 19.4 Å². The van der Waals surface area contributed by atoms with E-state index in [-0.39, 0.29) is 40.1 Å². The van der Waals surface area contributed by atoms with Gasteiger partial charge < -0.3 is 18.8 Å². The van der Waals surface area contributed by atoms with Crippen molar-refractivity contribution in [2.24, 2.45) is 0 Å². The summed E-state index contributed by atoms with van der Waals surface area (Å²) >= 11 is 0. The summed E-state index contributed by atoms with van der Waals surface area (Å²) in [5.41, 5.74) is 2.17. The van der Waals surface area contributed by atoms with Gasteiger partial charge >= 0.3 is 6.61 Å². The molecule has 0 N–H and O–H groups in total. The van der Waals surface area contributed by atoms with Crippen LogP contribution in [0.1, 0.15) is 50.1 Å². The topological polar surface area (TPSA) is 77.3 Å². The second-order valence-electron chi connectivity index (χ2n) is 9.86. The van der Waals surface area contributed by atoms with Crippen LogP contribution in [0.4, 0.5) is 13.2 Å². The third kappa shape index (κ3) is 3.65. The number of carbonyl (C=O) groups excluding carboxylic acids is 1. The van der Waals surface area contributed by atoms with Crippen LogP contribution in [0.5, 0.6) is 5.75 Å². The van der Waals surface area contributed by atoms with Crippen LogP contribution in [0.25, 0.3) is 22.3 Å². The molecule has 0 radical (unpaired) electrons. The van der Waals surface area contributed by atoms with Gasteiger partial charge in [0.2, 0.25) is 0 Å². The van der Waals surface area contributed by atoms with Gasteiger partial charge in [0.1, 0.15) is 24.5 Å². The highest BCUT2D eigenvalue weighted by Gasteiger charge is 2.45. The van der Waals surface area contributed by atoms with Crippen molar-refractivity contribution in [3.8, 4) is 17.0 Å². The Hall–Kier alpha value is -3.65. The normalized spacial score (nSPS) is 20.1. The van der Waals surface area contributed by atoms with Crippen molar-refractivity contribution in [2.75, 3.05) is 20.3 Å². The smallest absolute Gasteiger partial charge is 0.387 e. The number of halogens is 3. The van der Waals surface area contributed by atoms with Gasteiger partial charge in [-0.2, -0.15) is 8.78 Å². The highest BCUT2D eigenvalue weighted by Crippen LogP contribution is 2.50. The van der Waals surface area contributed by atoms with E-state index < -0.39 is 44.5 Å². The molecule has 6 rings (SSSR count). The maximum Gasteiger partial charge on any atom is 0.387 e. The number of alkyl halides is 2. The van der Waals surface area contributed by atoms with E-state index in [1.165, 1.54) is 37.6 Å². The molecule has 7 nitrogen and oxygen atoms in total. The summed E-state index contributed by atoms with van der Waals surface area (Å²) in [5, 5.41) is 0.0789. The van der Waals surface area contributed by atoms with E-state index >= 15 is 4.39 Å². The molecule has 4 aromatic rings. The van der Waals surface area contributed by atoms with Crippen LogP contribution in [0.15, 0.2) is 42.5 Å². The Kier molecular flexibility index (Phi) is 4.72. The first-order valence-electron chi connectivity index (χ1n) is 13.3. The third-order valence-electron chi connectivity index (χ3n) is 7.10. The Morgan fingerprint density at radius 3 is 2.63 bits per heavy atom. The van der Waals surface area contributed by atoms with Crippen LogP contribution in [-0.2, 0) is 4.57 Å². The van der Waals surface area contributed by atoms with E-state index in [0.29, 0.717) is 22.3 Å². The molecule has 0 saturated heterocycles. The molecule has 0 unspecified atom stereocenters. The minimum atomic E-state index is -3.17. The second kappa shape index (κ2) is 8.43. The lowest BCUT2D eigenvalue weighted by Crippen LogP contribution is -2.30. The number of aromatic nitrogens is 3. The molecule has 1 amide bonds. The van der Waals surface area contributed by atoms with Gasteiger partial charge in [-0.15, -0.1) is 0 Å². The van der Waals surface area contributed by atoms with Crippen LogP contribution in [0.2, 0.25) is 0 Å². The molecule has 0 spiro atoms. The number of aryl methyl sites for hydroxylation is 1. The van der Waals surface area contributed by atoms with Gasteiger partial charge in [0.25, 0.3) is 5.91 Å². The number of amides is 1. The fraction of sp³-hybridized carbons (Fsp3) is 0.296. The summed E-state index contributed by atoms with van der Waals surface area (Å²) < 4.78 is 85.4. The van der Waals surface area contributed by atoms with Gasteiger partial charge in [-0.25, -0.2) is 9.37 Å². The zero-order chi connectivity index (χ0) is 29.6. The highest BCUT2D eigenvalue weighted by atomic mass is 31.2. The predicted octanol–water partition coefficient (Wildman–Crippen LogP) is 5.52. The van der Waals surface area contributed by atoms with E-state index in [1.54, 1.807) is 29.7 Å². The monoisotopic (exact) mass is 543 g/mol. The Morgan fingerprint density at radius 1 is 1.16 bits per heavy atom. The van der Waals surface area contributed by atoms with Gasteiger partial charge in [0.05, 0.1) is 39.8 Å². The average Bonchev–Trinajstić information content (AvgIpc) is 3.34. The van der Waals surface area contributed by atoms with Crippen LogP contribution in [-0.4, -0.2) is 52.3 Å². The molecular formula is C27H24F3N4O3P. The quantitative estimate of drug-likeness (QED) is 0.317. The molecule has 2 atom stereocenters. The first-order chi connectivity index (χ1) is 19.2. The molecule has 38 heavy (non-hydrogen) atoms. The lowest BCUT2D eigenvalue weighted by atomic mass is 9.97. The molecule has 2 aromatic carbocycles. The van der Waals surface area contributed by atoms with E-state index in [1.807, 2.05) is 0 Å². The number of rotatable bonds is 4. The average molecular weight is 544 g/mol. The number of nitrogens with zero attached hydrogens (tertiary/aromatic N) is 4. The molecule has 0 fully saturated rings. The number of carbonyl (C=O) groups is 1. The SMILES string of the molecule is [2H]C([2H])([2H])N1C(=O)c2cccc(OC(F)F)c2[C@H]2C[C@@H]1c1nc3ccc(-c4cc(F)c(P(C)(C)=O)c(C)n4)cc3n12. The molecular weight excluding hydrogens is 516 g/mol. The Bertz CT molecular complexity index is 1780. The first-order valence-corrected chi connectivity index (χ1v) is 14.4. The van der Waals surface area contributed by atoms with Crippen molar-refractivity contribution < 1.29 is 31.4 Å². The number of ether oxygens (including phenoxy) is 1. The second-order valence-corrected chi connectivity index (χ2v) is 13.0. The van der Waals surface area contributed by atoms with Gasteiger partial charge in [0, 0.05) is 40.3 Å². The molecule has 0 saturated carbocycles. The van der Waals surface area contributed by atoms with Gasteiger partial charge in [-0.3, -0.25) is 9.78 Å². The Balaban J connectivity index is 1.59. The van der Waals surface area contributed by atoms with Crippen molar-refractivity contribution in [3.63, 3.8) is 0 Å². The predicted molar refractivity (Wildman–Crippen MR) is 137 cm³/mol. The number of hydrogen-bond donors (Lipinski definition) is 0. The largest absolute Gasteiger partial charge is 0.434 e. The summed E-state index contributed by atoms with van der Waals surface area (Å²) in [7, 11) is -2.93. The Labute approximate surface area is 220 Å². The van der Waals surface area contributed by atoms with Crippen LogP contribution >= 0.6 is 7.14 Å².